The fraction of sp³-hybridized carbons (Fsp3) is 0.455. The molecule has 2 heterocycles. The first-order valence-corrected chi connectivity index (χ1v) is 5.17. The standard InChI is InChI=1S/C11H14N2O3/c1-7-2-3-10(14)9(12-7)6-13-4-8(5-13)11(15)16/h2-3,8,14H,4-6H2,1H3,(H,15,16). The van der Waals surface area contributed by atoms with Crippen molar-refractivity contribution in [1.29, 1.82) is 0 Å². The number of carboxylic acid groups (broad SMARTS) is 1. The first-order chi connectivity index (χ1) is 7.56. The molecule has 0 amide bonds. The Morgan fingerprint density at radius 2 is 2.25 bits per heavy atom. The molecule has 0 spiro atoms. The fourth-order valence-electron chi connectivity index (χ4n) is 1.79. The number of aryl methyl sites for hydroxylation is 1. The van der Waals surface area contributed by atoms with Gasteiger partial charge in [0.1, 0.15) is 5.75 Å². The Morgan fingerprint density at radius 1 is 1.56 bits per heavy atom. The topological polar surface area (TPSA) is 73.7 Å². The van der Waals surface area contributed by atoms with Crippen molar-refractivity contribution in [3.63, 3.8) is 0 Å². The minimum Gasteiger partial charge on any atom is -0.506 e. The van der Waals surface area contributed by atoms with Crippen LogP contribution < -0.4 is 0 Å². The summed E-state index contributed by atoms with van der Waals surface area (Å²) in [6, 6.07) is 3.36. The van der Waals surface area contributed by atoms with Crippen molar-refractivity contribution in [2.45, 2.75) is 13.5 Å². The van der Waals surface area contributed by atoms with Gasteiger partial charge in [-0.25, -0.2) is 0 Å². The number of nitrogens with zero attached hydrogens (tertiary/aromatic N) is 2. The summed E-state index contributed by atoms with van der Waals surface area (Å²) >= 11 is 0. The third kappa shape index (κ3) is 2.14. The summed E-state index contributed by atoms with van der Waals surface area (Å²) in [7, 11) is 0. The molecule has 16 heavy (non-hydrogen) atoms. The summed E-state index contributed by atoms with van der Waals surface area (Å²) in [4.78, 5) is 16.8. The molecular formula is C11H14N2O3. The number of aromatic nitrogens is 1. The van der Waals surface area contributed by atoms with E-state index < -0.39 is 5.97 Å². The van der Waals surface area contributed by atoms with Crippen molar-refractivity contribution in [3.8, 4) is 5.75 Å². The van der Waals surface area contributed by atoms with Crippen LogP contribution in [-0.4, -0.2) is 39.2 Å². The quantitative estimate of drug-likeness (QED) is 0.784. The van der Waals surface area contributed by atoms with E-state index in [1.165, 1.54) is 0 Å². The number of rotatable bonds is 3. The lowest BCUT2D eigenvalue weighted by Gasteiger charge is -2.36. The molecular weight excluding hydrogens is 208 g/mol. The summed E-state index contributed by atoms with van der Waals surface area (Å²) in [5.41, 5.74) is 1.46. The van der Waals surface area contributed by atoms with E-state index in [0.717, 1.165) is 5.69 Å². The van der Waals surface area contributed by atoms with E-state index in [9.17, 15) is 9.90 Å². The number of aromatic hydroxyl groups is 1. The van der Waals surface area contributed by atoms with Gasteiger partial charge in [-0.2, -0.15) is 0 Å². The highest BCUT2D eigenvalue weighted by molar-refractivity contribution is 5.71. The van der Waals surface area contributed by atoms with E-state index in [1.807, 2.05) is 11.8 Å². The minimum atomic E-state index is -0.752. The van der Waals surface area contributed by atoms with Crippen LogP contribution >= 0.6 is 0 Å². The number of likely N-dealkylation sites (tertiary alicyclic amines) is 1. The maximum atomic E-state index is 10.6. The monoisotopic (exact) mass is 222 g/mol. The lowest BCUT2D eigenvalue weighted by atomic mass is 10.0. The first-order valence-electron chi connectivity index (χ1n) is 5.17. The molecule has 0 bridgehead atoms. The van der Waals surface area contributed by atoms with Gasteiger partial charge in [0.2, 0.25) is 0 Å². The SMILES string of the molecule is Cc1ccc(O)c(CN2CC(C(=O)O)C2)n1. The van der Waals surface area contributed by atoms with Gasteiger partial charge in [-0.1, -0.05) is 0 Å². The van der Waals surface area contributed by atoms with Gasteiger partial charge in [0.25, 0.3) is 0 Å². The van der Waals surface area contributed by atoms with Gasteiger partial charge in [-0.3, -0.25) is 14.7 Å². The van der Waals surface area contributed by atoms with Crippen molar-refractivity contribution >= 4 is 5.97 Å². The molecule has 1 aliphatic rings. The molecule has 1 saturated heterocycles. The third-order valence-corrected chi connectivity index (χ3v) is 2.77. The van der Waals surface area contributed by atoms with Gasteiger partial charge in [0.05, 0.1) is 11.6 Å². The molecule has 5 heteroatoms. The number of aliphatic carboxylic acids is 1. The second kappa shape index (κ2) is 4.09. The molecule has 0 atom stereocenters. The van der Waals surface area contributed by atoms with Gasteiger partial charge >= 0.3 is 5.97 Å². The molecule has 0 saturated carbocycles. The lowest BCUT2D eigenvalue weighted by molar-refractivity contribution is -0.147. The molecule has 2 rings (SSSR count). The molecule has 0 radical (unpaired) electrons. The second-order valence-corrected chi connectivity index (χ2v) is 4.15. The van der Waals surface area contributed by atoms with Gasteiger partial charge in [-0.15, -0.1) is 0 Å². The predicted octanol–water partition coefficient (Wildman–Crippen LogP) is 0.612. The van der Waals surface area contributed by atoms with Crippen molar-refractivity contribution in [2.75, 3.05) is 13.1 Å². The Balaban J connectivity index is 1.96. The zero-order chi connectivity index (χ0) is 11.7. The Morgan fingerprint density at radius 3 is 2.88 bits per heavy atom. The predicted molar refractivity (Wildman–Crippen MR) is 57.0 cm³/mol. The summed E-state index contributed by atoms with van der Waals surface area (Å²) in [5, 5.41) is 18.3. The lowest BCUT2D eigenvalue weighted by Crippen LogP contribution is -2.49. The van der Waals surface area contributed by atoms with Gasteiger partial charge in [0, 0.05) is 25.3 Å². The van der Waals surface area contributed by atoms with Gasteiger partial charge < -0.3 is 10.2 Å². The maximum absolute atomic E-state index is 10.6. The highest BCUT2D eigenvalue weighted by Gasteiger charge is 2.32. The third-order valence-electron chi connectivity index (χ3n) is 2.77. The van der Waals surface area contributed by atoms with Gasteiger partial charge in [-0.05, 0) is 19.1 Å². The van der Waals surface area contributed by atoms with E-state index in [-0.39, 0.29) is 11.7 Å². The van der Waals surface area contributed by atoms with Crippen LogP contribution in [-0.2, 0) is 11.3 Å². The maximum Gasteiger partial charge on any atom is 0.309 e. The van der Waals surface area contributed by atoms with Crippen LogP contribution in [0.5, 0.6) is 5.75 Å². The Bertz CT molecular complexity index is 414. The zero-order valence-electron chi connectivity index (χ0n) is 9.05. The first kappa shape index (κ1) is 10.9. The molecule has 5 nitrogen and oxygen atoms in total. The molecule has 0 aliphatic carbocycles. The van der Waals surface area contributed by atoms with E-state index in [0.29, 0.717) is 25.3 Å². The molecule has 86 valence electrons. The number of carbonyl (C=O) groups is 1. The van der Waals surface area contributed by atoms with E-state index in [4.69, 9.17) is 5.11 Å². The van der Waals surface area contributed by atoms with Crippen LogP contribution in [0.15, 0.2) is 12.1 Å². The Labute approximate surface area is 93.3 Å². The molecule has 0 unspecified atom stereocenters. The van der Waals surface area contributed by atoms with Crippen LogP contribution in [0.25, 0.3) is 0 Å². The summed E-state index contributed by atoms with van der Waals surface area (Å²) < 4.78 is 0. The van der Waals surface area contributed by atoms with Crippen molar-refractivity contribution in [2.24, 2.45) is 5.92 Å². The van der Waals surface area contributed by atoms with Crippen LogP contribution in [0.3, 0.4) is 0 Å². The van der Waals surface area contributed by atoms with E-state index >= 15 is 0 Å². The van der Waals surface area contributed by atoms with Gasteiger partial charge in [0.15, 0.2) is 0 Å². The zero-order valence-corrected chi connectivity index (χ0v) is 9.05. The molecule has 1 aliphatic heterocycles. The van der Waals surface area contributed by atoms with Crippen molar-refractivity contribution in [1.82, 2.24) is 9.88 Å². The number of pyridine rings is 1. The highest BCUT2D eigenvalue weighted by Crippen LogP contribution is 2.22. The highest BCUT2D eigenvalue weighted by atomic mass is 16.4. The summed E-state index contributed by atoms with van der Waals surface area (Å²) in [6.07, 6.45) is 0. The molecule has 1 fully saturated rings. The normalized spacial score (nSPS) is 17.1. The average Bonchev–Trinajstić information content (AvgIpc) is 2.15. The van der Waals surface area contributed by atoms with E-state index in [1.54, 1.807) is 12.1 Å². The van der Waals surface area contributed by atoms with Crippen molar-refractivity contribution < 1.29 is 15.0 Å². The molecule has 0 aromatic carbocycles. The Kier molecular flexibility index (Phi) is 2.78. The van der Waals surface area contributed by atoms with Crippen LogP contribution in [0.1, 0.15) is 11.4 Å². The smallest absolute Gasteiger partial charge is 0.309 e. The minimum absolute atomic E-state index is 0.171. The largest absolute Gasteiger partial charge is 0.506 e. The van der Waals surface area contributed by atoms with Crippen LogP contribution in [0.4, 0.5) is 0 Å². The average molecular weight is 222 g/mol. The number of hydrogen-bond acceptors (Lipinski definition) is 4. The number of hydrogen-bond donors (Lipinski definition) is 2. The number of carboxylic acids is 1. The molecule has 2 N–H and O–H groups in total. The van der Waals surface area contributed by atoms with E-state index in [2.05, 4.69) is 4.98 Å². The summed E-state index contributed by atoms with van der Waals surface area (Å²) in [5.74, 6) is -0.853. The Hall–Kier alpha value is -1.62. The molecule has 1 aromatic heterocycles. The van der Waals surface area contributed by atoms with Crippen molar-refractivity contribution in [3.05, 3.63) is 23.5 Å². The summed E-state index contributed by atoms with van der Waals surface area (Å²) in [6.45, 7) is 3.44. The van der Waals surface area contributed by atoms with Crippen LogP contribution in [0, 0.1) is 12.8 Å². The fourth-order valence-corrected chi connectivity index (χ4v) is 1.79. The molecule has 1 aromatic rings. The second-order valence-electron chi connectivity index (χ2n) is 4.15. The van der Waals surface area contributed by atoms with Crippen LogP contribution in [0.2, 0.25) is 0 Å².